The molecule has 0 spiro atoms. The van der Waals surface area contributed by atoms with Crippen LogP contribution in [-0.4, -0.2) is 18.1 Å². The number of hydrogen-bond acceptors (Lipinski definition) is 3. The van der Waals surface area contributed by atoms with Gasteiger partial charge < -0.3 is 14.8 Å². The molecule has 0 radical (unpaired) electrons. The minimum absolute atomic E-state index is 0.197. The molecule has 3 rings (SSSR count). The van der Waals surface area contributed by atoms with E-state index in [1.165, 1.54) is 0 Å². The number of carbonyl (C=O) groups excluding carboxylic acids is 1. The molecule has 2 aromatic rings. The van der Waals surface area contributed by atoms with Crippen molar-refractivity contribution in [1.82, 2.24) is 5.32 Å². The Morgan fingerprint density at radius 3 is 2.41 bits per heavy atom. The highest BCUT2D eigenvalue weighted by Gasteiger charge is 2.33. The maximum Gasteiger partial charge on any atom is 0.265 e. The second kappa shape index (κ2) is 6.28. The number of ether oxygens (including phenoxy) is 2. The lowest BCUT2D eigenvalue weighted by atomic mass is 10.1. The van der Waals surface area contributed by atoms with E-state index >= 15 is 0 Å². The van der Waals surface area contributed by atoms with Crippen LogP contribution in [0.2, 0.25) is 5.02 Å². The summed E-state index contributed by atoms with van der Waals surface area (Å²) in [5.74, 6) is 1.06. The average Bonchev–Trinajstić information content (AvgIpc) is 2.53. The van der Waals surface area contributed by atoms with E-state index in [1.807, 2.05) is 37.3 Å². The lowest BCUT2D eigenvalue weighted by molar-refractivity contribution is -0.133. The summed E-state index contributed by atoms with van der Waals surface area (Å²) in [6.07, 6.45) is -1.01. The van der Waals surface area contributed by atoms with E-state index in [2.05, 4.69) is 5.32 Å². The second-order valence-corrected chi connectivity index (χ2v) is 5.59. The lowest BCUT2D eigenvalue weighted by Crippen LogP contribution is -2.48. The smallest absolute Gasteiger partial charge is 0.265 e. The van der Waals surface area contributed by atoms with Crippen molar-refractivity contribution in [3.05, 3.63) is 59.1 Å². The third-order valence-electron chi connectivity index (χ3n) is 3.48. The van der Waals surface area contributed by atoms with Gasteiger partial charge in [-0.3, -0.25) is 4.79 Å². The number of benzene rings is 2. The van der Waals surface area contributed by atoms with Crippen molar-refractivity contribution in [2.75, 3.05) is 0 Å². The summed E-state index contributed by atoms with van der Waals surface area (Å²) in [4.78, 5) is 12.3. The van der Waals surface area contributed by atoms with Crippen LogP contribution >= 0.6 is 11.6 Å². The van der Waals surface area contributed by atoms with Crippen LogP contribution in [0.15, 0.2) is 48.5 Å². The maximum atomic E-state index is 12.3. The van der Waals surface area contributed by atoms with E-state index in [0.717, 1.165) is 5.56 Å². The molecular formula is C17H16ClNO3. The Hall–Kier alpha value is -2.20. The molecule has 0 fully saturated rings. The zero-order valence-electron chi connectivity index (χ0n) is 12.1. The first kappa shape index (κ1) is 14.7. The third kappa shape index (κ3) is 3.17. The molecule has 2 atom stereocenters. The van der Waals surface area contributed by atoms with E-state index in [4.69, 9.17) is 21.1 Å². The van der Waals surface area contributed by atoms with E-state index < -0.39 is 6.10 Å². The average molecular weight is 318 g/mol. The molecule has 5 heteroatoms. The minimum Gasteiger partial charge on any atom is -0.482 e. The summed E-state index contributed by atoms with van der Waals surface area (Å²) in [6.45, 7) is 2.24. The Labute approximate surface area is 134 Å². The van der Waals surface area contributed by atoms with Crippen molar-refractivity contribution < 1.29 is 14.3 Å². The first-order chi connectivity index (χ1) is 10.6. The van der Waals surface area contributed by atoms with Crippen molar-refractivity contribution in [3.63, 3.8) is 0 Å². The fraction of sp³-hybridized carbons (Fsp3) is 0.235. The van der Waals surface area contributed by atoms with Gasteiger partial charge in [0.15, 0.2) is 11.5 Å². The summed E-state index contributed by atoms with van der Waals surface area (Å²) in [5, 5.41) is 3.53. The standard InChI is InChI=1S/C17H16ClNO3/c1-11-16(22-15-5-3-2-4-14(15)21-11)17(20)19-10-12-6-8-13(18)9-7-12/h2-9,11,16H,10H2,1H3,(H,19,20)/t11-,16+/m1/s1. The largest absolute Gasteiger partial charge is 0.482 e. The molecular weight excluding hydrogens is 302 g/mol. The summed E-state index contributed by atoms with van der Waals surface area (Å²) < 4.78 is 11.5. The van der Waals surface area contributed by atoms with Crippen molar-refractivity contribution in [1.29, 1.82) is 0 Å². The van der Waals surface area contributed by atoms with E-state index in [0.29, 0.717) is 23.1 Å². The predicted octanol–water partition coefficient (Wildman–Crippen LogP) is 3.18. The summed E-state index contributed by atoms with van der Waals surface area (Å²) in [7, 11) is 0. The van der Waals surface area contributed by atoms with Gasteiger partial charge in [-0.25, -0.2) is 0 Å². The van der Waals surface area contributed by atoms with Crippen LogP contribution in [0.4, 0.5) is 0 Å². The third-order valence-corrected chi connectivity index (χ3v) is 3.73. The number of fused-ring (bicyclic) bond motifs is 1. The van der Waals surface area contributed by atoms with Crippen LogP contribution in [0.1, 0.15) is 12.5 Å². The molecule has 0 saturated carbocycles. The Balaban J connectivity index is 1.64. The predicted molar refractivity (Wildman–Crippen MR) is 84.2 cm³/mol. The van der Waals surface area contributed by atoms with Gasteiger partial charge in [-0.2, -0.15) is 0 Å². The fourth-order valence-corrected chi connectivity index (χ4v) is 2.42. The van der Waals surface area contributed by atoms with Crippen molar-refractivity contribution >= 4 is 17.5 Å². The van der Waals surface area contributed by atoms with Gasteiger partial charge in [0, 0.05) is 11.6 Å². The molecule has 114 valence electrons. The molecule has 0 bridgehead atoms. The molecule has 1 aliphatic rings. The zero-order chi connectivity index (χ0) is 15.5. The van der Waals surface area contributed by atoms with E-state index in [-0.39, 0.29) is 12.0 Å². The molecule has 2 aromatic carbocycles. The molecule has 0 aliphatic carbocycles. The monoisotopic (exact) mass is 317 g/mol. The van der Waals surface area contributed by atoms with Gasteiger partial charge in [-0.05, 0) is 36.8 Å². The van der Waals surface area contributed by atoms with Crippen molar-refractivity contribution in [3.8, 4) is 11.5 Å². The number of amides is 1. The number of carbonyl (C=O) groups is 1. The van der Waals surface area contributed by atoms with Crippen LogP contribution in [0, 0.1) is 0 Å². The van der Waals surface area contributed by atoms with Gasteiger partial charge in [0.05, 0.1) is 0 Å². The molecule has 22 heavy (non-hydrogen) atoms. The topological polar surface area (TPSA) is 47.6 Å². The molecule has 0 saturated heterocycles. The van der Waals surface area contributed by atoms with Crippen LogP contribution in [0.25, 0.3) is 0 Å². The van der Waals surface area contributed by atoms with Crippen molar-refractivity contribution in [2.24, 2.45) is 0 Å². The molecule has 4 nitrogen and oxygen atoms in total. The Bertz CT molecular complexity index is 672. The van der Waals surface area contributed by atoms with E-state index in [9.17, 15) is 4.79 Å². The number of para-hydroxylation sites is 2. The molecule has 0 unspecified atom stereocenters. The fourth-order valence-electron chi connectivity index (χ4n) is 2.30. The summed E-state index contributed by atoms with van der Waals surface area (Å²) in [6, 6.07) is 14.7. The number of nitrogens with one attached hydrogen (secondary N) is 1. The Morgan fingerprint density at radius 1 is 1.09 bits per heavy atom. The highest BCUT2D eigenvalue weighted by molar-refractivity contribution is 6.30. The minimum atomic E-state index is -0.665. The van der Waals surface area contributed by atoms with Crippen LogP contribution in [0.5, 0.6) is 11.5 Å². The van der Waals surface area contributed by atoms with Crippen LogP contribution < -0.4 is 14.8 Å². The molecule has 1 aliphatic heterocycles. The number of rotatable bonds is 3. The normalized spacial score (nSPS) is 19.5. The first-order valence-electron chi connectivity index (χ1n) is 7.08. The second-order valence-electron chi connectivity index (χ2n) is 5.15. The highest BCUT2D eigenvalue weighted by atomic mass is 35.5. The van der Waals surface area contributed by atoms with Crippen LogP contribution in [0.3, 0.4) is 0 Å². The Kier molecular flexibility index (Phi) is 4.20. The maximum absolute atomic E-state index is 12.3. The molecule has 1 heterocycles. The van der Waals surface area contributed by atoms with Gasteiger partial charge in [-0.15, -0.1) is 0 Å². The zero-order valence-corrected chi connectivity index (χ0v) is 12.8. The highest BCUT2D eigenvalue weighted by Crippen LogP contribution is 2.33. The number of halogens is 1. The molecule has 0 aromatic heterocycles. The van der Waals surface area contributed by atoms with Gasteiger partial charge >= 0.3 is 0 Å². The van der Waals surface area contributed by atoms with Crippen molar-refractivity contribution in [2.45, 2.75) is 25.7 Å². The first-order valence-corrected chi connectivity index (χ1v) is 7.46. The summed E-state index contributed by atoms with van der Waals surface area (Å²) in [5.41, 5.74) is 0.975. The van der Waals surface area contributed by atoms with Gasteiger partial charge in [0.2, 0.25) is 6.10 Å². The van der Waals surface area contributed by atoms with Gasteiger partial charge in [-0.1, -0.05) is 35.9 Å². The molecule has 1 amide bonds. The Morgan fingerprint density at radius 2 is 1.73 bits per heavy atom. The van der Waals surface area contributed by atoms with E-state index in [1.54, 1.807) is 18.2 Å². The lowest BCUT2D eigenvalue weighted by Gasteiger charge is -2.31. The molecule has 1 N–H and O–H groups in total. The SMILES string of the molecule is C[C@H]1Oc2ccccc2O[C@@H]1C(=O)NCc1ccc(Cl)cc1. The number of hydrogen-bond donors (Lipinski definition) is 1. The quantitative estimate of drug-likeness (QED) is 0.945. The van der Waals surface area contributed by atoms with Gasteiger partial charge in [0.25, 0.3) is 5.91 Å². The van der Waals surface area contributed by atoms with Crippen LogP contribution in [-0.2, 0) is 11.3 Å². The van der Waals surface area contributed by atoms with Gasteiger partial charge in [0.1, 0.15) is 6.10 Å². The summed E-state index contributed by atoms with van der Waals surface area (Å²) >= 11 is 5.84.